The lowest BCUT2D eigenvalue weighted by atomic mass is 9.82. The summed E-state index contributed by atoms with van der Waals surface area (Å²) >= 11 is 0. The molecule has 0 nitrogen and oxygen atoms in total. The van der Waals surface area contributed by atoms with Gasteiger partial charge in [0.2, 0.25) is 0 Å². The van der Waals surface area contributed by atoms with E-state index in [1.165, 1.54) is 43.2 Å². The van der Waals surface area contributed by atoms with Crippen molar-refractivity contribution >= 4 is 0 Å². The minimum Gasteiger partial charge on any atom is -0.0613 e. The van der Waals surface area contributed by atoms with E-state index in [2.05, 4.69) is 32.0 Å². The summed E-state index contributed by atoms with van der Waals surface area (Å²) in [7, 11) is 0. The molecule has 1 saturated carbocycles. The third kappa shape index (κ3) is 2.42. The Hall–Kier alpha value is -0.780. The maximum absolute atomic E-state index is 2.38. The van der Waals surface area contributed by atoms with Crippen molar-refractivity contribution in [3.05, 3.63) is 34.9 Å². The van der Waals surface area contributed by atoms with E-state index in [9.17, 15) is 0 Å². The number of hydrogen-bond acceptors (Lipinski definition) is 0. The van der Waals surface area contributed by atoms with Crippen LogP contribution < -0.4 is 0 Å². The third-order valence-electron chi connectivity index (χ3n) is 3.79. The van der Waals surface area contributed by atoms with Gasteiger partial charge in [-0.3, -0.25) is 0 Å². The first kappa shape index (κ1) is 10.7. The molecular formula is C15H22. The molecule has 0 radical (unpaired) electrons. The first-order chi connectivity index (χ1) is 7.31. The van der Waals surface area contributed by atoms with Crippen LogP contribution in [-0.2, 0) is 6.42 Å². The molecule has 0 heterocycles. The number of aryl methyl sites for hydroxylation is 2. The van der Waals surface area contributed by atoms with Crippen molar-refractivity contribution in [3.8, 4) is 0 Å². The Balaban J connectivity index is 2.19. The average molecular weight is 202 g/mol. The Morgan fingerprint density at radius 3 is 2.47 bits per heavy atom. The highest BCUT2D eigenvalue weighted by Gasteiger charge is 2.16. The van der Waals surface area contributed by atoms with Gasteiger partial charge in [-0.25, -0.2) is 0 Å². The second-order valence-electron chi connectivity index (χ2n) is 4.88. The van der Waals surface area contributed by atoms with Crippen molar-refractivity contribution in [1.82, 2.24) is 0 Å². The Morgan fingerprint density at radius 1 is 1.13 bits per heavy atom. The summed E-state index contributed by atoms with van der Waals surface area (Å²) in [5.74, 6) is 0.852. The zero-order valence-corrected chi connectivity index (χ0v) is 10.1. The maximum atomic E-state index is 2.38. The molecule has 0 atom stereocenters. The number of rotatable bonds is 2. The van der Waals surface area contributed by atoms with Gasteiger partial charge in [-0.05, 0) is 48.8 Å². The van der Waals surface area contributed by atoms with Crippen LogP contribution >= 0.6 is 0 Å². The second-order valence-corrected chi connectivity index (χ2v) is 4.88. The molecule has 0 amide bonds. The summed E-state index contributed by atoms with van der Waals surface area (Å²) in [6.45, 7) is 4.51. The molecule has 0 unspecified atom stereocenters. The van der Waals surface area contributed by atoms with Crippen LogP contribution in [0, 0.1) is 6.92 Å². The molecule has 0 bridgehead atoms. The van der Waals surface area contributed by atoms with E-state index in [-0.39, 0.29) is 0 Å². The van der Waals surface area contributed by atoms with E-state index in [1.807, 2.05) is 0 Å². The van der Waals surface area contributed by atoms with E-state index < -0.39 is 0 Å². The fourth-order valence-corrected chi connectivity index (χ4v) is 2.83. The first-order valence-corrected chi connectivity index (χ1v) is 6.40. The highest BCUT2D eigenvalue weighted by Crippen LogP contribution is 2.34. The van der Waals surface area contributed by atoms with Gasteiger partial charge in [-0.15, -0.1) is 0 Å². The van der Waals surface area contributed by atoms with Crippen LogP contribution in [0.25, 0.3) is 0 Å². The van der Waals surface area contributed by atoms with Gasteiger partial charge in [0.1, 0.15) is 0 Å². The fraction of sp³-hybridized carbons (Fsp3) is 0.600. The lowest BCUT2D eigenvalue weighted by Crippen LogP contribution is -2.06. The van der Waals surface area contributed by atoms with E-state index in [0.717, 1.165) is 12.3 Å². The molecule has 1 fully saturated rings. The summed E-state index contributed by atoms with van der Waals surface area (Å²) < 4.78 is 0. The van der Waals surface area contributed by atoms with Gasteiger partial charge in [-0.2, -0.15) is 0 Å². The lowest BCUT2D eigenvalue weighted by molar-refractivity contribution is 0.442. The van der Waals surface area contributed by atoms with Crippen molar-refractivity contribution in [1.29, 1.82) is 0 Å². The van der Waals surface area contributed by atoms with Crippen molar-refractivity contribution in [2.75, 3.05) is 0 Å². The van der Waals surface area contributed by atoms with Gasteiger partial charge in [0.15, 0.2) is 0 Å². The minimum absolute atomic E-state index is 0.852. The van der Waals surface area contributed by atoms with E-state index in [0.29, 0.717) is 0 Å². The van der Waals surface area contributed by atoms with Crippen molar-refractivity contribution in [2.45, 2.75) is 58.3 Å². The molecule has 1 aliphatic carbocycles. The van der Waals surface area contributed by atoms with Crippen molar-refractivity contribution < 1.29 is 0 Å². The molecule has 15 heavy (non-hydrogen) atoms. The van der Waals surface area contributed by atoms with E-state index in [4.69, 9.17) is 0 Å². The molecular weight excluding hydrogens is 180 g/mol. The summed E-state index contributed by atoms with van der Waals surface area (Å²) in [4.78, 5) is 0. The second kappa shape index (κ2) is 4.83. The van der Waals surface area contributed by atoms with Gasteiger partial charge < -0.3 is 0 Å². The summed E-state index contributed by atoms with van der Waals surface area (Å²) in [6, 6.07) is 7.07. The largest absolute Gasteiger partial charge is 0.0613 e. The molecule has 1 aliphatic rings. The summed E-state index contributed by atoms with van der Waals surface area (Å²) in [5, 5.41) is 0. The van der Waals surface area contributed by atoms with Crippen molar-refractivity contribution in [2.24, 2.45) is 0 Å². The monoisotopic (exact) mass is 202 g/mol. The zero-order valence-electron chi connectivity index (χ0n) is 10.1. The van der Waals surface area contributed by atoms with E-state index in [1.54, 1.807) is 5.56 Å². The fourth-order valence-electron chi connectivity index (χ4n) is 2.83. The molecule has 2 rings (SSSR count). The molecule has 0 aromatic heterocycles. The molecule has 0 saturated heterocycles. The standard InChI is InChI=1S/C15H22/c1-3-13-9-10-15(12(2)11-13)14-7-5-4-6-8-14/h9-11,14H,3-8H2,1-2H3. The average Bonchev–Trinajstić information content (AvgIpc) is 2.30. The SMILES string of the molecule is CCc1ccc(C2CCCCC2)c(C)c1. The number of benzene rings is 1. The van der Waals surface area contributed by atoms with Gasteiger partial charge in [-0.1, -0.05) is 44.4 Å². The molecule has 1 aromatic carbocycles. The molecule has 0 N–H and O–H groups in total. The highest BCUT2D eigenvalue weighted by molar-refractivity contribution is 5.33. The zero-order chi connectivity index (χ0) is 10.7. The Kier molecular flexibility index (Phi) is 3.45. The van der Waals surface area contributed by atoms with E-state index >= 15 is 0 Å². The van der Waals surface area contributed by atoms with Gasteiger partial charge in [0.25, 0.3) is 0 Å². The van der Waals surface area contributed by atoms with Gasteiger partial charge >= 0.3 is 0 Å². The first-order valence-electron chi connectivity index (χ1n) is 6.40. The van der Waals surface area contributed by atoms with Crippen LogP contribution in [0.1, 0.15) is 61.6 Å². The van der Waals surface area contributed by atoms with Gasteiger partial charge in [0, 0.05) is 0 Å². The summed E-state index contributed by atoms with van der Waals surface area (Å²) in [6.07, 6.45) is 8.28. The topological polar surface area (TPSA) is 0 Å². The predicted molar refractivity (Wildman–Crippen MR) is 66.4 cm³/mol. The van der Waals surface area contributed by atoms with Crippen LogP contribution in [-0.4, -0.2) is 0 Å². The smallest absolute Gasteiger partial charge is 0.0159 e. The maximum Gasteiger partial charge on any atom is -0.0159 e. The van der Waals surface area contributed by atoms with Crippen molar-refractivity contribution in [3.63, 3.8) is 0 Å². The Morgan fingerprint density at radius 2 is 1.87 bits per heavy atom. The van der Waals surface area contributed by atoms with Crippen LogP contribution in [0.15, 0.2) is 18.2 Å². The highest BCUT2D eigenvalue weighted by atomic mass is 14.2. The Bertz CT molecular complexity index is 319. The molecule has 82 valence electrons. The molecule has 0 spiro atoms. The summed E-state index contributed by atoms with van der Waals surface area (Å²) in [5.41, 5.74) is 4.61. The van der Waals surface area contributed by atoms with Gasteiger partial charge in [0.05, 0.1) is 0 Å². The van der Waals surface area contributed by atoms with Crippen LogP contribution in [0.2, 0.25) is 0 Å². The lowest BCUT2D eigenvalue weighted by Gasteiger charge is -2.23. The molecule has 0 aliphatic heterocycles. The predicted octanol–water partition coefficient (Wildman–Crippen LogP) is 4.61. The quantitative estimate of drug-likeness (QED) is 0.657. The van der Waals surface area contributed by atoms with Crippen LogP contribution in [0.5, 0.6) is 0 Å². The van der Waals surface area contributed by atoms with Crippen LogP contribution in [0.4, 0.5) is 0 Å². The molecule has 0 heteroatoms. The Labute approximate surface area is 93.7 Å². The third-order valence-corrected chi connectivity index (χ3v) is 3.79. The number of hydrogen-bond donors (Lipinski definition) is 0. The van der Waals surface area contributed by atoms with Crippen LogP contribution in [0.3, 0.4) is 0 Å². The molecule has 1 aromatic rings. The minimum atomic E-state index is 0.852. The normalized spacial score (nSPS) is 18.0.